The molecule has 2 aliphatic rings. The molecule has 5 nitrogen and oxygen atoms in total. The minimum atomic E-state index is -0.975. The molecule has 1 saturated heterocycles. The zero-order chi connectivity index (χ0) is 11.5. The zero-order valence-electron chi connectivity index (χ0n) is 9.34. The van der Waals surface area contributed by atoms with Gasteiger partial charge in [0.25, 0.3) is 0 Å². The smallest absolute Gasteiger partial charge is 0.141 e. The first-order chi connectivity index (χ1) is 7.72. The van der Waals surface area contributed by atoms with Crippen LogP contribution in [0, 0.1) is 0 Å². The second kappa shape index (κ2) is 4.80. The lowest BCUT2D eigenvalue weighted by Crippen LogP contribution is -2.54. The highest BCUT2D eigenvalue weighted by molar-refractivity contribution is 5.72. The number of nitrogens with two attached hydrogens (primary N) is 1. The third kappa shape index (κ3) is 2.17. The first-order valence-electron chi connectivity index (χ1n) is 5.37. The predicted molar refractivity (Wildman–Crippen MR) is 59.4 cm³/mol. The van der Waals surface area contributed by atoms with Crippen LogP contribution >= 0.6 is 0 Å². The molecule has 2 N–H and O–H groups in total. The van der Waals surface area contributed by atoms with Gasteiger partial charge in [0.1, 0.15) is 18.7 Å². The van der Waals surface area contributed by atoms with Crippen LogP contribution in [0.25, 0.3) is 0 Å². The van der Waals surface area contributed by atoms with Gasteiger partial charge in [-0.3, -0.25) is 10.0 Å². The van der Waals surface area contributed by atoms with Gasteiger partial charge in [-0.1, -0.05) is 0 Å². The first kappa shape index (κ1) is 11.3. The molecule has 0 unspecified atom stereocenters. The number of halogens is 1. The van der Waals surface area contributed by atoms with Crippen LogP contribution in [0.1, 0.15) is 6.42 Å². The molecule has 0 aromatic carbocycles. The van der Waals surface area contributed by atoms with Crippen LogP contribution in [0.3, 0.4) is 0 Å². The van der Waals surface area contributed by atoms with E-state index in [9.17, 15) is 4.39 Å². The molecule has 2 aliphatic heterocycles. The van der Waals surface area contributed by atoms with Gasteiger partial charge in [0, 0.05) is 19.9 Å². The number of allylic oxidation sites excluding steroid dienone is 1. The average Bonchev–Trinajstić information content (AvgIpc) is 2.29. The van der Waals surface area contributed by atoms with Gasteiger partial charge < -0.3 is 10.5 Å². The van der Waals surface area contributed by atoms with Crippen molar-refractivity contribution in [2.75, 3.05) is 26.9 Å². The van der Waals surface area contributed by atoms with E-state index in [1.54, 1.807) is 24.4 Å². The molecular weight excluding hydrogens is 211 g/mol. The summed E-state index contributed by atoms with van der Waals surface area (Å²) in [5, 5.41) is 3.70. The van der Waals surface area contributed by atoms with E-state index in [0.717, 1.165) is 6.54 Å². The number of aliphatic imine (C=N–C) groups is 1. The number of hydrogen-bond acceptors (Lipinski definition) is 5. The van der Waals surface area contributed by atoms with E-state index in [1.165, 1.54) is 0 Å². The van der Waals surface area contributed by atoms with Crippen LogP contribution in [-0.2, 0) is 4.74 Å². The second-order valence-electron chi connectivity index (χ2n) is 3.96. The van der Waals surface area contributed by atoms with Crippen LogP contribution in [0.2, 0.25) is 0 Å². The van der Waals surface area contributed by atoms with Gasteiger partial charge in [-0.05, 0) is 12.5 Å². The Kier molecular flexibility index (Phi) is 3.40. The van der Waals surface area contributed by atoms with Gasteiger partial charge in [0.15, 0.2) is 0 Å². The van der Waals surface area contributed by atoms with Crippen molar-refractivity contribution < 1.29 is 9.13 Å². The maximum absolute atomic E-state index is 13.7. The highest BCUT2D eigenvalue weighted by Crippen LogP contribution is 2.20. The number of nitrogens with zero attached hydrogens (tertiary/aromatic N) is 3. The Hall–Kier alpha value is -1.14. The molecular formula is C10H17FN4O. The number of rotatable bonds is 2. The normalized spacial score (nSPS) is 31.6. The van der Waals surface area contributed by atoms with Crippen LogP contribution in [-0.4, -0.2) is 55.4 Å². The van der Waals surface area contributed by atoms with Crippen LogP contribution in [0.5, 0.6) is 0 Å². The lowest BCUT2D eigenvalue weighted by molar-refractivity contribution is -0.0894. The van der Waals surface area contributed by atoms with Gasteiger partial charge in [-0.15, -0.1) is 0 Å². The summed E-state index contributed by atoms with van der Waals surface area (Å²) in [6.07, 6.45) is 2.79. The lowest BCUT2D eigenvalue weighted by Gasteiger charge is -2.41. The molecule has 0 aliphatic carbocycles. The topological polar surface area (TPSA) is 54.1 Å². The fourth-order valence-corrected chi connectivity index (χ4v) is 2.03. The van der Waals surface area contributed by atoms with Gasteiger partial charge in [-0.2, -0.15) is 0 Å². The Balaban J connectivity index is 1.97. The Morgan fingerprint density at radius 2 is 2.44 bits per heavy atom. The largest absolute Gasteiger partial charge is 0.384 e. The summed E-state index contributed by atoms with van der Waals surface area (Å²) in [4.78, 5) is 4.10. The van der Waals surface area contributed by atoms with Gasteiger partial charge >= 0.3 is 0 Å². The molecule has 0 spiro atoms. The van der Waals surface area contributed by atoms with Gasteiger partial charge in [0.2, 0.25) is 0 Å². The number of alkyl halides is 1. The molecule has 90 valence electrons. The summed E-state index contributed by atoms with van der Waals surface area (Å²) in [5.74, 6) is 0.609. The van der Waals surface area contributed by atoms with E-state index in [0.29, 0.717) is 25.5 Å². The van der Waals surface area contributed by atoms with E-state index in [1.807, 2.05) is 5.01 Å². The number of methoxy groups -OCH3 is 1. The monoisotopic (exact) mass is 228 g/mol. The SMILES string of the molecule is CO[C@@H]1CCN(N2CN=CC=C2N)C[C@@H]1F. The van der Waals surface area contributed by atoms with Gasteiger partial charge in [0.05, 0.1) is 12.6 Å². The standard InChI is InChI=1S/C10H17FN4O/c1-16-9-3-5-14(6-8(9)11)15-7-13-4-2-10(15)12/h2,4,8-9H,3,5-7,12H2,1H3/t8-,9+/m0/s1. The molecule has 0 aromatic heterocycles. The predicted octanol–water partition coefficient (Wildman–Crippen LogP) is 0.104. The maximum atomic E-state index is 13.7. The highest BCUT2D eigenvalue weighted by atomic mass is 19.1. The molecule has 2 heterocycles. The summed E-state index contributed by atoms with van der Waals surface area (Å²) in [6, 6.07) is 0. The number of ether oxygens (including phenoxy) is 1. The molecule has 2 rings (SSSR count). The maximum Gasteiger partial charge on any atom is 0.141 e. The summed E-state index contributed by atoms with van der Waals surface area (Å²) in [7, 11) is 1.55. The third-order valence-electron chi connectivity index (χ3n) is 2.97. The Morgan fingerprint density at radius 1 is 1.62 bits per heavy atom. The van der Waals surface area contributed by atoms with Crippen molar-refractivity contribution in [3.63, 3.8) is 0 Å². The Morgan fingerprint density at radius 3 is 3.06 bits per heavy atom. The van der Waals surface area contributed by atoms with E-state index >= 15 is 0 Å². The minimum Gasteiger partial charge on any atom is -0.384 e. The molecule has 0 amide bonds. The Bertz CT molecular complexity index is 307. The van der Waals surface area contributed by atoms with Crippen molar-refractivity contribution in [3.8, 4) is 0 Å². The summed E-state index contributed by atoms with van der Waals surface area (Å²) in [5.41, 5.74) is 5.82. The van der Waals surface area contributed by atoms with E-state index < -0.39 is 6.17 Å². The fourth-order valence-electron chi connectivity index (χ4n) is 2.03. The summed E-state index contributed by atoms with van der Waals surface area (Å²) < 4.78 is 18.8. The first-order valence-corrected chi connectivity index (χ1v) is 5.37. The van der Waals surface area contributed by atoms with Crippen molar-refractivity contribution in [2.24, 2.45) is 10.7 Å². The molecule has 16 heavy (non-hydrogen) atoms. The van der Waals surface area contributed by atoms with Crippen molar-refractivity contribution in [3.05, 3.63) is 11.9 Å². The molecule has 0 bridgehead atoms. The molecule has 1 fully saturated rings. The fraction of sp³-hybridized carbons (Fsp3) is 0.700. The third-order valence-corrected chi connectivity index (χ3v) is 2.97. The van der Waals surface area contributed by atoms with Crippen molar-refractivity contribution in [1.82, 2.24) is 10.0 Å². The number of hydrazine groups is 1. The van der Waals surface area contributed by atoms with E-state index in [2.05, 4.69) is 4.99 Å². The molecule has 0 aromatic rings. The van der Waals surface area contributed by atoms with Crippen LogP contribution in [0.4, 0.5) is 4.39 Å². The van der Waals surface area contributed by atoms with Crippen molar-refractivity contribution >= 4 is 6.21 Å². The molecule has 0 radical (unpaired) electrons. The van der Waals surface area contributed by atoms with E-state index in [-0.39, 0.29) is 6.10 Å². The zero-order valence-corrected chi connectivity index (χ0v) is 9.34. The van der Waals surface area contributed by atoms with Crippen LogP contribution < -0.4 is 5.73 Å². The summed E-state index contributed by atoms with van der Waals surface area (Å²) in [6.45, 7) is 1.51. The molecule has 6 heteroatoms. The molecule has 2 atom stereocenters. The Labute approximate surface area is 94.3 Å². The average molecular weight is 228 g/mol. The number of piperidine rings is 1. The highest BCUT2D eigenvalue weighted by Gasteiger charge is 2.32. The lowest BCUT2D eigenvalue weighted by atomic mass is 10.1. The van der Waals surface area contributed by atoms with E-state index in [4.69, 9.17) is 10.5 Å². The molecule has 0 saturated carbocycles. The van der Waals surface area contributed by atoms with Crippen molar-refractivity contribution in [2.45, 2.75) is 18.7 Å². The minimum absolute atomic E-state index is 0.297. The second-order valence-corrected chi connectivity index (χ2v) is 3.96. The van der Waals surface area contributed by atoms with Gasteiger partial charge in [-0.25, -0.2) is 9.40 Å². The van der Waals surface area contributed by atoms with Crippen molar-refractivity contribution in [1.29, 1.82) is 0 Å². The number of hydrogen-bond donors (Lipinski definition) is 1. The summed E-state index contributed by atoms with van der Waals surface area (Å²) >= 11 is 0. The van der Waals surface area contributed by atoms with Crippen LogP contribution in [0.15, 0.2) is 16.9 Å². The quantitative estimate of drug-likeness (QED) is 0.728.